The Hall–Kier alpha value is -3.12. The van der Waals surface area contributed by atoms with Crippen molar-refractivity contribution in [2.24, 2.45) is 0 Å². The quantitative estimate of drug-likeness (QED) is 0.298. The van der Waals surface area contributed by atoms with Crippen molar-refractivity contribution in [3.63, 3.8) is 0 Å². The van der Waals surface area contributed by atoms with Gasteiger partial charge < -0.3 is 0 Å². The second-order valence-electron chi connectivity index (χ2n) is 6.28. The zero-order valence-corrected chi connectivity index (χ0v) is 13.2. The Bertz CT molecular complexity index is 1200. The fourth-order valence-electron chi connectivity index (χ4n) is 3.55. The van der Waals surface area contributed by atoms with E-state index in [0.717, 1.165) is 0 Å². The van der Waals surface area contributed by atoms with Crippen LogP contribution < -0.4 is 0 Å². The monoisotopic (exact) mass is 304 g/mol. The van der Waals surface area contributed by atoms with Crippen molar-refractivity contribution in [3.05, 3.63) is 97.1 Å². The summed E-state index contributed by atoms with van der Waals surface area (Å²) in [4.78, 5) is 0. The van der Waals surface area contributed by atoms with E-state index in [1.54, 1.807) is 0 Å². The van der Waals surface area contributed by atoms with Crippen LogP contribution in [0.25, 0.3) is 43.4 Å². The van der Waals surface area contributed by atoms with E-state index >= 15 is 0 Å². The summed E-state index contributed by atoms with van der Waals surface area (Å²) in [6.07, 6.45) is 0. The Labute approximate surface area is 141 Å². The van der Waals surface area contributed by atoms with Gasteiger partial charge in [-0.3, -0.25) is 0 Å². The predicted molar refractivity (Wildman–Crippen MR) is 104 cm³/mol. The molecule has 0 aliphatic rings. The molecular formula is C24H16. The van der Waals surface area contributed by atoms with Crippen LogP contribution in [0.15, 0.2) is 97.1 Å². The molecule has 0 aliphatic heterocycles. The number of rotatable bonds is 1. The highest BCUT2D eigenvalue weighted by atomic mass is 14.1. The molecule has 0 heterocycles. The van der Waals surface area contributed by atoms with Gasteiger partial charge in [0, 0.05) is 0 Å². The lowest BCUT2D eigenvalue weighted by Crippen LogP contribution is -1.82. The van der Waals surface area contributed by atoms with Crippen LogP contribution in [0.1, 0.15) is 0 Å². The zero-order chi connectivity index (χ0) is 15.9. The van der Waals surface area contributed by atoms with Crippen LogP contribution in [-0.4, -0.2) is 0 Å². The minimum Gasteiger partial charge on any atom is -0.0616 e. The van der Waals surface area contributed by atoms with E-state index in [1.165, 1.54) is 43.4 Å². The topological polar surface area (TPSA) is 0 Å². The fourth-order valence-corrected chi connectivity index (χ4v) is 3.55. The first-order valence-corrected chi connectivity index (χ1v) is 8.29. The van der Waals surface area contributed by atoms with Gasteiger partial charge >= 0.3 is 0 Å². The van der Waals surface area contributed by atoms with Crippen molar-refractivity contribution >= 4 is 32.3 Å². The fraction of sp³-hybridized carbons (Fsp3) is 0. The first kappa shape index (κ1) is 13.3. The third kappa shape index (κ3) is 2.08. The van der Waals surface area contributed by atoms with Crippen LogP contribution in [0, 0.1) is 0 Å². The van der Waals surface area contributed by atoms with Crippen LogP contribution in [0.5, 0.6) is 0 Å². The second kappa shape index (κ2) is 5.21. The summed E-state index contributed by atoms with van der Waals surface area (Å²) >= 11 is 0. The maximum atomic E-state index is 2.32. The average molecular weight is 304 g/mol. The number of hydrogen-bond donors (Lipinski definition) is 0. The standard InChI is InChI=1S/C24H16/c1-2-7-20-15-21(13-9-17(20)5-1)22-14-12-19-11-10-18-6-3-4-8-23(18)24(19)16-22/h1-16H. The molecule has 0 nitrogen and oxygen atoms in total. The van der Waals surface area contributed by atoms with Crippen LogP contribution >= 0.6 is 0 Å². The van der Waals surface area contributed by atoms with Gasteiger partial charge in [0.2, 0.25) is 0 Å². The lowest BCUT2D eigenvalue weighted by Gasteiger charge is -2.08. The normalized spacial score (nSPS) is 11.3. The van der Waals surface area contributed by atoms with Crippen molar-refractivity contribution in [1.29, 1.82) is 0 Å². The Morgan fingerprint density at radius 1 is 0.333 bits per heavy atom. The summed E-state index contributed by atoms with van der Waals surface area (Å²) in [5.74, 6) is 0. The molecule has 0 fully saturated rings. The maximum Gasteiger partial charge on any atom is -0.00992 e. The molecule has 0 atom stereocenters. The van der Waals surface area contributed by atoms with Crippen molar-refractivity contribution in [2.45, 2.75) is 0 Å². The molecule has 5 aromatic rings. The molecule has 0 unspecified atom stereocenters. The SMILES string of the molecule is c1ccc2cc(-c3ccc4ccc5ccccc5c4c3)ccc2c1. The molecule has 0 bridgehead atoms. The lowest BCUT2D eigenvalue weighted by atomic mass is 9.96. The minimum atomic E-state index is 1.27. The first-order valence-electron chi connectivity index (χ1n) is 8.29. The van der Waals surface area contributed by atoms with E-state index in [1.807, 2.05) is 0 Å². The molecule has 24 heavy (non-hydrogen) atoms. The minimum absolute atomic E-state index is 1.27. The summed E-state index contributed by atoms with van der Waals surface area (Å²) < 4.78 is 0. The van der Waals surface area contributed by atoms with Gasteiger partial charge in [-0.2, -0.15) is 0 Å². The summed E-state index contributed by atoms with van der Waals surface area (Å²) in [6, 6.07) is 35.0. The van der Waals surface area contributed by atoms with E-state index < -0.39 is 0 Å². The maximum absolute atomic E-state index is 2.32. The highest BCUT2D eigenvalue weighted by Crippen LogP contribution is 2.31. The average Bonchev–Trinajstić information content (AvgIpc) is 2.67. The van der Waals surface area contributed by atoms with Gasteiger partial charge in [0.05, 0.1) is 0 Å². The second-order valence-corrected chi connectivity index (χ2v) is 6.28. The molecule has 0 saturated heterocycles. The van der Waals surface area contributed by atoms with E-state index in [0.29, 0.717) is 0 Å². The molecule has 112 valence electrons. The van der Waals surface area contributed by atoms with Crippen LogP contribution in [0.4, 0.5) is 0 Å². The van der Waals surface area contributed by atoms with Crippen molar-refractivity contribution in [1.82, 2.24) is 0 Å². The third-order valence-corrected chi connectivity index (χ3v) is 4.83. The van der Waals surface area contributed by atoms with E-state index in [4.69, 9.17) is 0 Å². The van der Waals surface area contributed by atoms with Crippen LogP contribution in [0.2, 0.25) is 0 Å². The predicted octanol–water partition coefficient (Wildman–Crippen LogP) is 6.81. The Kier molecular flexibility index (Phi) is 2.89. The molecule has 5 rings (SSSR count). The van der Waals surface area contributed by atoms with Gasteiger partial charge in [0.1, 0.15) is 0 Å². The van der Waals surface area contributed by atoms with Gasteiger partial charge in [-0.25, -0.2) is 0 Å². The molecule has 0 saturated carbocycles. The lowest BCUT2D eigenvalue weighted by molar-refractivity contribution is 1.68. The Morgan fingerprint density at radius 2 is 0.875 bits per heavy atom. The molecule has 0 aromatic heterocycles. The van der Waals surface area contributed by atoms with E-state index in [2.05, 4.69) is 97.1 Å². The summed E-state index contributed by atoms with van der Waals surface area (Å²) in [5, 5.41) is 7.79. The zero-order valence-electron chi connectivity index (χ0n) is 13.2. The molecule has 0 aliphatic carbocycles. The third-order valence-electron chi connectivity index (χ3n) is 4.83. The molecule has 0 radical (unpaired) electrons. The smallest absolute Gasteiger partial charge is 0.00992 e. The molecule has 0 amide bonds. The molecule has 0 heteroatoms. The molecule has 0 spiro atoms. The van der Waals surface area contributed by atoms with Crippen molar-refractivity contribution in [3.8, 4) is 11.1 Å². The largest absolute Gasteiger partial charge is 0.0616 e. The number of fused-ring (bicyclic) bond motifs is 4. The van der Waals surface area contributed by atoms with Gasteiger partial charge in [-0.05, 0) is 55.6 Å². The highest BCUT2D eigenvalue weighted by molar-refractivity contribution is 6.08. The molecular weight excluding hydrogens is 288 g/mol. The Balaban J connectivity index is 1.77. The number of hydrogen-bond acceptors (Lipinski definition) is 0. The van der Waals surface area contributed by atoms with Gasteiger partial charge in [-0.1, -0.05) is 84.9 Å². The summed E-state index contributed by atoms with van der Waals surface area (Å²) in [6.45, 7) is 0. The van der Waals surface area contributed by atoms with E-state index in [9.17, 15) is 0 Å². The Morgan fingerprint density at radius 3 is 1.71 bits per heavy atom. The van der Waals surface area contributed by atoms with Crippen molar-refractivity contribution in [2.75, 3.05) is 0 Å². The van der Waals surface area contributed by atoms with E-state index in [-0.39, 0.29) is 0 Å². The van der Waals surface area contributed by atoms with Crippen LogP contribution in [0.3, 0.4) is 0 Å². The van der Waals surface area contributed by atoms with Gasteiger partial charge in [0.15, 0.2) is 0 Å². The summed E-state index contributed by atoms with van der Waals surface area (Å²) in [5.41, 5.74) is 2.54. The molecule has 5 aromatic carbocycles. The van der Waals surface area contributed by atoms with Crippen molar-refractivity contribution < 1.29 is 0 Å². The number of benzene rings is 5. The summed E-state index contributed by atoms with van der Waals surface area (Å²) in [7, 11) is 0. The van der Waals surface area contributed by atoms with Gasteiger partial charge in [0.25, 0.3) is 0 Å². The van der Waals surface area contributed by atoms with Gasteiger partial charge in [-0.15, -0.1) is 0 Å². The van der Waals surface area contributed by atoms with Crippen LogP contribution in [-0.2, 0) is 0 Å². The molecule has 0 N–H and O–H groups in total. The highest BCUT2D eigenvalue weighted by Gasteiger charge is 2.04. The first-order chi connectivity index (χ1) is 11.9.